The van der Waals surface area contributed by atoms with E-state index in [1.165, 1.54) is 24.4 Å². The van der Waals surface area contributed by atoms with Crippen LogP contribution in [0.2, 0.25) is 0 Å². The van der Waals surface area contributed by atoms with Crippen molar-refractivity contribution in [3.05, 3.63) is 111 Å². The number of nitro benzene ring substituents is 1. The minimum atomic E-state index is -0.642. The Morgan fingerprint density at radius 3 is 2.42 bits per heavy atom. The van der Waals surface area contributed by atoms with Gasteiger partial charge in [0.15, 0.2) is 11.5 Å². The molecule has 0 fully saturated rings. The minimum Gasteiger partial charge on any atom is -0.454 e. The number of hydrazone groups is 1. The maximum Gasteiger partial charge on any atom is 0.287 e. The number of ether oxygens (including phenoxy) is 2. The van der Waals surface area contributed by atoms with Crippen molar-refractivity contribution in [1.82, 2.24) is 10.7 Å². The molecule has 0 spiro atoms. The molecule has 180 valence electrons. The van der Waals surface area contributed by atoms with Gasteiger partial charge in [0.1, 0.15) is 5.70 Å². The van der Waals surface area contributed by atoms with Crippen LogP contribution in [0, 0.1) is 10.1 Å². The van der Waals surface area contributed by atoms with E-state index in [1.54, 1.807) is 72.8 Å². The summed E-state index contributed by atoms with van der Waals surface area (Å²) in [5, 5.41) is 17.2. The molecule has 0 unspecified atom stereocenters. The summed E-state index contributed by atoms with van der Waals surface area (Å²) in [5.74, 6) is 0.0277. The third kappa shape index (κ3) is 6.20. The first-order valence-corrected chi connectivity index (χ1v) is 10.7. The number of rotatable bonds is 8. The molecule has 3 aromatic rings. The highest BCUT2D eigenvalue weighted by Gasteiger charge is 2.16. The maximum atomic E-state index is 12.8. The molecule has 1 aliphatic rings. The average Bonchev–Trinajstić information content (AvgIpc) is 3.36. The third-order valence-corrected chi connectivity index (χ3v) is 4.96. The lowest BCUT2D eigenvalue weighted by Crippen LogP contribution is -2.32. The van der Waals surface area contributed by atoms with Crippen LogP contribution in [-0.4, -0.2) is 29.7 Å². The highest BCUT2D eigenvalue weighted by Crippen LogP contribution is 2.33. The predicted octanol–water partition coefficient (Wildman–Crippen LogP) is 3.91. The summed E-state index contributed by atoms with van der Waals surface area (Å²) in [6.45, 7) is 0.114. The number of benzene rings is 3. The minimum absolute atomic E-state index is 0.00703. The van der Waals surface area contributed by atoms with Crippen molar-refractivity contribution in [1.29, 1.82) is 0 Å². The fourth-order valence-electron chi connectivity index (χ4n) is 3.17. The fourth-order valence-corrected chi connectivity index (χ4v) is 3.17. The molecule has 1 heterocycles. The van der Waals surface area contributed by atoms with Crippen molar-refractivity contribution < 1.29 is 24.0 Å². The second-order valence-corrected chi connectivity index (χ2v) is 7.42. The molecule has 3 aromatic carbocycles. The van der Waals surface area contributed by atoms with Gasteiger partial charge in [0.05, 0.1) is 4.92 Å². The molecule has 10 nitrogen and oxygen atoms in total. The summed E-state index contributed by atoms with van der Waals surface area (Å²) < 4.78 is 10.7. The van der Waals surface area contributed by atoms with Crippen molar-refractivity contribution in [2.45, 2.75) is 0 Å². The van der Waals surface area contributed by atoms with Crippen molar-refractivity contribution in [3.8, 4) is 11.5 Å². The first-order chi connectivity index (χ1) is 17.5. The fraction of sp³-hybridized carbons (Fsp3) is 0.0385. The molecule has 1 aliphatic heterocycles. The summed E-state index contributed by atoms with van der Waals surface area (Å²) in [7, 11) is 0. The lowest BCUT2D eigenvalue weighted by Gasteiger charge is -2.09. The lowest BCUT2D eigenvalue weighted by molar-refractivity contribution is -0.384. The van der Waals surface area contributed by atoms with Crippen molar-refractivity contribution in [2.24, 2.45) is 5.10 Å². The summed E-state index contributed by atoms with van der Waals surface area (Å²) in [4.78, 5) is 35.7. The Labute approximate surface area is 205 Å². The van der Waals surface area contributed by atoms with E-state index in [-0.39, 0.29) is 18.2 Å². The van der Waals surface area contributed by atoms with E-state index in [9.17, 15) is 19.7 Å². The Morgan fingerprint density at radius 2 is 1.67 bits per heavy atom. The van der Waals surface area contributed by atoms with Gasteiger partial charge in [-0.3, -0.25) is 19.7 Å². The van der Waals surface area contributed by atoms with Gasteiger partial charge in [-0.1, -0.05) is 30.3 Å². The predicted molar refractivity (Wildman–Crippen MR) is 133 cm³/mol. The average molecular weight is 484 g/mol. The summed E-state index contributed by atoms with van der Waals surface area (Å²) in [6, 6.07) is 19.6. The zero-order chi connectivity index (χ0) is 25.3. The molecule has 0 aliphatic carbocycles. The number of carbonyl (C=O) groups is 2. The van der Waals surface area contributed by atoms with Gasteiger partial charge in [0.2, 0.25) is 6.79 Å². The van der Waals surface area contributed by atoms with Crippen molar-refractivity contribution in [2.75, 3.05) is 6.79 Å². The van der Waals surface area contributed by atoms with Crippen LogP contribution >= 0.6 is 0 Å². The van der Waals surface area contributed by atoms with Crippen LogP contribution in [0.25, 0.3) is 12.2 Å². The van der Waals surface area contributed by atoms with Gasteiger partial charge >= 0.3 is 0 Å². The van der Waals surface area contributed by atoms with Crippen molar-refractivity contribution in [3.63, 3.8) is 0 Å². The zero-order valence-corrected chi connectivity index (χ0v) is 18.8. The molecule has 0 saturated carbocycles. The van der Waals surface area contributed by atoms with Crippen LogP contribution in [0.1, 0.15) is 21.5 Å². The van der Waals surface area contributed by atoms with Crippen LogP contribution in [0.5, 0.6) is 11.5 Å². The van der Waals surface area contributed by atoms with Gasteiger partial charge in [0, 0.05) is 23.9 Å². The van der Waals surface area contributed by atoms with E-state index < -0.39 is 16.7 Å². The van der Waals surface area contributed by atoms with Crippen LogP contribution in [0.4, 0.5) is 5.69 Å². The van der Waals surface area contributed by atoms with Gasteiger partial charge in [-0.25, -0.2) is 5.43 Å². The molecule has 10 heteroatoms. The largest absolute Gasteiger partial charge is 0.454 e. The number of amides is 2. The molecule has 0 aromatic heterocycles. The Morgan fingerprint density at radius 1 is 0.944 bits per heavy atom. The van der Waals surface area contributed by atoms with Gasteiger partial charge in [-0.15, -0.1) is 0 Å². The van der Waals surface area contributed by atoms with E-state index in [0.717, 1.165) is 5.56 Å². The number of allylic oxidation sites excluding steroid dienone is 1. The molecule has 0 bridgehead atoms. The number of fused-ring (bicyclic) bond motifs is 1. The number of hydrogen-bond donors (Lipinski definition) is 2. The molecule has 0 atom stereocenters. The Hall–Kier alpha value is -5.25. The molecule has 4 rings (SSSR count). The topological polar surface area (TPSA) is 132 Å². The number of nitrogens with one attached hydrogen (secondary N) is 2. The third-order valence-electron chi connectivity index (χ3n) is 4.96. The highest BCUT2D eigenvalue weighted by molar-refractivity contribution is 6.05. The van der Waals surface area contributed by atoms with Crippen LogP contribution in [0.3, 0.4) is 0 Å². The van der Waals surface area contributed by atoms with E-state index in [2.05, 4.69) is 15.8 Å². The molecule has 2 N–H and O–H groups in total. The summed E-state index contributed by atoms with van der Waals surface area (Å²) >= 11 is 0. The van der Waals surface area contributed by atoms with Crippen LogP contribution < -0.4 is 20.2 Å². The smallest absolute Gasteiger partial charge is 0.287 e. The van der Waals surface area contributed by atoms with Gasteiger partial charge in [-0.2, -0.15) is 5.10 Å². The number of non-ortho nitro benzene ring substituents is 1. The number of nitro groups is 1. The molecule has 36 heavy (non-hydrogen) atoms. The standard InChI is InChI=1S/C26H20N4O6/c31-25(20-6-2-1-3-7-20)28-22(15-19-10-13-23-24(16-19)36-17-35-23)26(32)29-27-14-4-5-18-8-11-21(12-9-18)30(33)34/h1-16H,17H2,(H,28,31)(H,29,32)/b5-4+,22-15+,27-14+. The van der Waals surface area contributed by atoms with E-state index in [4.69, 9.17) is 9.47 Å². The van der Waals surface area contributed by atoms with Crippen molar-refractivity contribution >= 4 is 35.9 Å². The number of carbonyl (C=O) groups excluding carboxylic acids is 2. The Kier molecular flexibility index (Phi) is 7.47. The maximum absolute atomic E-state index is 12.8. The summed E-state index contributed by atoms with van der Waals surface area (Å²) in [5.41, 5.74) is 4.05. The van der Waals surface area contributed by atoms with E-state index >= 15 is 0 Å². The first kappa shape index (κ1) is 23.9. The van der Waals surface area contributed by atoms with E-state index in [1.807, 2.05) is 0 Å². The van der Waals surface area contributed by atoms with E-state index in [0.29, 0.717) is 22.6 Å². The van der Waals surface area contributed by atoms with Gasteiger partial charge < -0.3 is 14.8 Å². The second-order valence-electron chi connectivity index (χ2n) is 7.42. The number of nitrogens with zero attached hydrogens (tertiary/aromatic N) is 2. The van der Waals surface area contributed by atoms with Crippen LogP contribution in [-0.2, 0) is 4.79 Å². The first-order valence-electron chi connectivity index (χ1n) is 10.7. The molecular weight excluding hydrogens is 464 g/mol. The monoisotopic (exact) mass is 484 g/mol. The SMILES string of the molecule is O=C(N/N=C/C=C/c1ccc([N+](=O)[O-])cc1)/C(=C\c1ccc2c(c1)OCO2)NC(=O)c1ccccc1. The highest BCUT2D eigenvalue weighted by atomic mass is 16.7. The van der Waals surface area contributed by atoms with Gasteiger partial charge in [0.25, 0.3) is 17.5 Å². The quantitative estimate of drug-likeness (QED) is 0.216. The Balaban J connectivity index is 1.46. The molecule has 0 radical (unpaired) electrons. The molecule has 0 saturated heterocycles. The normalized spacial score (nSPS) is 12.6. The second kappa shape index (κ2) is 11.3. The van der Waals surface area contributed by atoms with Gasteiger partial charge in [-0.05, 0) is 59.7 Å². The zero-order valence-electron chi connectivity index (χ0n) is 18.8. The molecule has 2 amide bonds. The molecular formula is C26H20N4O6. The van der Waals surface area contributed by atoms with Crippen LogP contribution in [0.15, 0.2) is 89.7 Å². The summed E-state index contributed by atoms with van der Waals surface area (Å²) in [6.07, 6.45) is 6.07. The lowest BCUT2D eigenvalue weighted by atomic mass is 10.1. The Bertz CT molecular complexity index is 1360. The number of hydrogen-bond acceptors (Lipinski definition) is 7.